The van der Waals surface area contributed by atoms with Crippen LogP contribution in [0.5, 0.6) is 17.2 Å². The number of methoxy groups -OCH3 is 2. The first-order valence-corrected chi connectivity index (χ1v) is 9.83. The lowest BCUT2D eigenvalue weighted by molar-refractivity contribution is 0.310. The predicted octanol–water partition coefficient (Wildman–Crippen LogP) is 4.53. The molecule has 0 bridgehead atoms. The summed E-state index contributed by atoms with van der Waals surface area (Å²) in [6.07, 6.45) is 0. The summed E-state index contributed by atoms with van der Waals surface area (Å²) < 4.78 is 19.6. The molecule has 0 aliphatic carbocycles. The van der Waals surface area contributed by atoms with Crippen LogP contribution < -0.4 is 19.6 Å². The van der Waals surface area contributed by atoms with Crippen molar-refractivity contribution < 1.29 is 14.2 Å². The Morgan fingerprint density at radius 2 is 1.89 bits per heavy atom. The molecule has 0 atom stereocenters. The van der Waals surface area contributed by atoms with Gasteiger partial charge in [0.1, 0.15) is 5.75 Å². The van der Waals surface area contributed by atoms with Gasteiger partial charge in [-0.1, -0.05) is 28.1 Å². The standard InChI is InChI=1S/C19H21BrN4O3S/c1-4-27-17-10-14(20)12(9-16(17)26-3)11-21-24-18(22-23-19(24)28)13-7-5-6-8-15(13)25-2/h5-10,21H,4,11H2,1-3H3,(H,23,28). The number of para-hydroxylation sites is 1. The molecule has 28 heavy (non-hydrogen) atoms. The number of rotatable bonds is 8. The summed E-state index contributed by atoms with van der Waals surface area (Å²) in [5.41, 5.74) is 5.12. The van der Waals surface area contributed by atoms with Crippen molar-refractivity contribution in [1.29, 1.82) is 0 Å². The van der Waals surface area contributed by atoms with E-state index in [1.54, 1.807) is 18.9 Å². The van der Waals surface area contributed by atoms with Gasteiger partial charge in [-0.3, -0.25) is 0 Å². The van der Waals surface area contributed by atoms with Crippen LogP contribution in [0.1, 0.15) is 12.5 Å². The molecule has 0 fully saturated rings. The highest BCUT2D eigenvalue weighted by atomic mass is 79.9. The summed E-state index contributed by atoms with van der Waals surface area (Å²) in [5.74, 6) is 2.71. The number of aromatic amines is 1. The predicted molar refractivity (Wildman–Crippen MR) is 114 cm³/mol. The van der Waals surface area contributed by atoms with E-state index in [0.717, 1.165) is 15.6 Å². The zero-order valence-corrected chi connectivity index (χ0v) is 18.2. The van der Waals surface area contributed by atoms with Gasteiger partial charge in [-0.2, -0.15) is 5.10 Å². The maximum atomic E-state index is 5.61. The molecule has 2 N–H and O–H groups in total. The van der Waals surface area contributed by atoms with E-state index in [2.05, 4.69) is 31.6 Å². The fourth-order valence-electron chi connectivity index (χ4n) is 2.76. The molecule has 148 valence electrons. The third-order valence-corrected chi connectivity index (χ3v) is 5.09. The maximum absolute atomic E-state index is 5.61. The number of halogens is 1. The molecule has 0 amide bonds. The second-order valence-electron chi connectivity index (χ2n) is 5.75. The van der Waals surface area contributed by atoms with Gasteiger partial charge in [-0.05, 0) is 49.0 Å². The summed E-state index contributed by atoms with van der Waals surface area (Å²) in [4.78, 5) is 0. The van der Waals surface area contributed by atoms with Gasteiger partial charge in [-0.15, -0.1) is 0 Å². The number of hydrogen-bond acceptors (Lipinski definition) is 6. The van der Waals surface area contributed by atoms with Gasteiger partial charge in [0.2, 0.25) is 4.77 Å². The quantitative estimate of drug-likeness (QED) is 0.477. The average molecular weight is 465 g/mol. The van der Waals surface area contributed by atoms with Crippen molar-refractivity contribution in [2.24, 2.45) is 0 Å². The number of nitrogens with one attached hydrogen (secondary N) is 2. The number of ether oxygens (including phenoxy) is 3. The fourth-order valence-corrected chi connectivity index (χ4v) is 3.42. The number of aromatic nitrogens is 3. The molecule has 7 nitrogen and oxygen atoms in total. The third kappa shape index (κ3) is 4.15. The first-order chi connectivity index (χ1) is 13.6. The molecule has 1 heterocycles. The first-order valence-electron chi connectivity index (χ1n) is 8.62. The number of hydrogen-bond donors (Lipinski definition) is 2. The maximum Gasteiger partial charge on any atom is 0.214 e. The molecule has 2 aromatic carbocycles. The van der Waals surface area contributed by atoms with Crippen molar-refractivity contribution >= 4 is 28.1 Å². The molecule has 3 aromatic rings. The normalized spacial score (nSPS) is 10.6. The molecule has 0 aliphatic heterocycles. The van der Waals surface area contributed by atoms with Crippen LogP contribution >= 0.6 is 28.1 Å². The topological polar surface area (TPSA) is 73.3 Å². The molecule has 0 saturated carbocycles. The Bertz CT molecular complexity index is 1020. The van der Waals surface area contributed by atoms with Gasteiger partial charge in [0.25, 0.3) is 0 Å². The van der Waals surface area contributed by atoms with E-state index in [4.69, 9.17) is 26.4 Å². The smallest absolute Gasteiger partial charge is 0.214 e. The van der Waals surface area contributed by atoms with Crippen LogP contribution in [0.15, 0.2) is 40.9 Å². The summed E-state index contributed by atoms with van der Waals surface area (Å²) in [5, 5.41) is 7.18. The zero-order chi connectivity index (χ0) is 20.1. The number of H-pyrrole nitrogens is 1. The van der Waals surface area contributed by atoms with Gasteiger partial charge in [0, 0.05) is 4.47 Å². The molecule has 0 saturated heterocycles. The highest BCUT2D eigenvalue weighted by Crippen LogP contribution is 2.34. The monoisotopic (exact) mass is 464 g/mol. The van der Waals surface area contributed by atoms with Crippen molar-refractivity contribution in [3.8, 4) is 28.6 Å². The summed E-state index contributed by atoms with van der Waals surface area (Å²) in [6, 6.07) is 11.5. The molecular weight excluding hydrogens is 444 g/mol. The van der Waals surface area contributed by atoms with Crippen LogP contribution in [-0.4, -0.2) is 35.7 Å². The third-order valence-electron chi connectivity index (χ3n) is 4.08. The van der Waals surface area contributed by atoms with E-state index in [1.165, 1.54) is 0 Å². The van der Waals surface area contributed by atoms with E-state index >= 15 is 0 Å². The Morgan fingerprint density at radius 3 is 2.61 bits per heavy atom. The Morgan fingerprint density at radius 1 is 1.14 bits per heavy atom. The van der Waals surface area contributed by atoms with Gasteiger partial charge in [0.15, 0.2) is 17.3 Å². The molecule has 0 unspecified atom stereocenters. The SMILES string of the molecule is CCOc1cc(Br)c(CNn2c(-c3ccccc3OC)n[nH]c2=S)cc1OC. The lowest BCUT2D eigenvalue weighted by atomic mass is 10.2. The minimum Gasteiger partial charge on any atom is -0.496 e. The van der Waals surface area contributed by atoms with Crippen LogP contribution in [0.25, 0.3) is 11.4 Å². The van der Waals surface area contributed by atoms with E-state index < -0.39 is 0 Å². The second kappa shape index (κ2) is 9.11. The molecule has 0 spiro atoms. The van der Waals surface area contributed by atoms with Crippen molar-refractivity contribution in [2.75, 3.05) is 26.3 Å². The van der Waals surface area contributed by atoms with E-state index in [1.807, 2.05) is 43.3 Å². The van der Waals surface area contributed by atoms with Gasteiger partial charge in [0.05, 0.1) is 32.9 Å². The van der Waals surface area contributed by atoms with Crippen molar-refractivity contribution in [3.63, 3.8) is 0 Å². The Labute approximate surface area is 176 Å². The van der Waals surface area contributed by atoms with Gasteiger partial charge in [-0.25, -0.2) is 9.77 Å². The molecule has 3 rings (SSSR count). The lowest BCUT2D eigenvalue weighted by Gasteiger charge is -2.15. The van der Waals surface area contributed by atoms with Gasteiger partial charge >= 0.3 is 0 Å². The fraction of sp³-hybridized carbons (Fsp3) is 0.263. The molecule has 0 radical (unpaired) electrons. The molecular formula is C19H21BrN4O3S. The molecule has 0 aliphatic rings. The van der Waals surface area contributed by atoms with Crippen molar-refractivity contribution in [2.45, 2.75) is 13.5 Å². The first kappa shape index (κ1) is 20.2. The van der Waals surface area contributed by atoms with Crippen molar-refractivity contribution in [1.82, 2.24) is 14.9 Å². The van der Waals surface area contributed by atoms with Crippen LogP contribution in [0, 0.1) is 4.77 Å². The van der Waals surface area contributed by atoms with Crippen LogP contribution in [0.4, 0.5) is 0 Å². The van der Waals surface area contributed by atoms with E-state index in [-0.39, 0.29) is 0 Å². The Hall–Kier alpha value is -2.52. The van der Waals surface area contributed by atoms with Gasteiger partial charge < -0.3 is 19.6 Å². The Kier molecular flexibility index (Phi) is 6.58. The molecule has 1 aromatic heterocycles. The van der Waals surface area contributed by atoms with Crippen LogP contribution in [0.2, 0.25) is 0 Å². The second-order valence-corrected chi connectivity index (χ2v) is 6.99. The summed E-state index contributed by atoms with van der Waals surface area (Å²) >= 11 is 8.98. The Balaban J connectivity index is 1.90. The summed E-state index contributed by atoms with van der Waals surface area (Å²) in [7, 11) is 3.25. The van der Waals surface area contributed by atoms with E-state index in [9.17, 15) is 0 Å². The van der Waals surface area contributed by atoms with Crippen molar-refractivity contribution in [3.05, 3.63) is 51.2 Å². The minimum absolute atomic E-state index is 0.454. The molecule has 9 heteroatoms. The zero-order valence-electron chi connectivity index (χ0n) is 15.8. The largest absolute Gasteiger partial charge is 0.496 e. The average Bonchev–Trinajstić information content (AvgIpc) is 3.07. The highest BCUT2D eigenvalue weighted by molar-refractivity contribution is 9.10. The highest BCUT2D eigenvalue weighted by Gasteiger charge is 2.15. The number of benzene rings is 2. The van der Waals surface area contributed by atoms with Crippen LogP contribution in [0.3, 0.4) is 0 Å². The minimum atomic E-state index is 0.454. The lowest BCUT2D eigenvalue weighted by Crippen LogP contribution is -2.16. The van der Waals surface area contributed by atoms with Crippen LogP contribution in [-0.2, 0) is 6.54 Å². The number of nitrogens with zero attached hydrogens (tertiary/aromatic N) is 2. The summed E-state index contributed by atoms with van der Waals surface area (Å²) in [6.45, 7) is 2.98. The van der Waals surface area contributed by atoms with E-state index in [0.29, 0.717) is 41.0 Å².